The van der Waals surface area contributed by atoms with E-state index in [1.165, 1.54) is 0 Å². The van der Waals surface area contributed by atoms with Crippen molar-refractivity contribution in [3.8, 4) is 0 Å². The van der Waals surface area contributed by atoms with E-state index in [1.54, 1.807) is 6.92 Å². The summed E-state index contributed by atoms with van der Waals surface area (Å²) in [5.74, 6) is 0.135. The summed E-state index contributed by atoms with van der Waals surface area (Å²) in [6.45, 7) is 6.13. The van der Waals surface area contributed by atoms with Crippen LogP contribution in [0.4, 0.5) is 0 Å². The third-order valence-corrected chi connectivity index (χ3v) is 1.69. The van der Waals surface area contributed by atoms with Crippen molar-refractivity contribution in [3.63, 3.8) is 0 Å². The van der Waals surface area contributed by atoms with E-state index in [9.17, 15) is 4.79 Å². The SMILES string of the molecule is CC(=O)C1=C(C)CN=C1C. The Labute approximate surface area is 60.7 Å². The first-order valence-electron chi connectivity index (χ1n) is 3.35. The van der Waals surface area contributed by atoms with Crippen molar-refractivity contribution in [1.29, 1.82) is 0 Å². The van der Waals surface area contributed by atoms with Crippen LogP contribution in [0, 0.1) is 0 Å². The molecular formula is C8H11NO. The van der Waals surface area contributed by atoms with Crippen LogP contribution in [-0.2, 0) is 4.79 Å². The van der Waals surface area contributed by atoms with E-state index < -0.39 is 0 Å². The van der Waals surface area contributed by atoms with Crippen LogP contribution in [-0.4, -0.2) is 18.0 Å². The smallest absolute Gasteiger partial charge is 0.161 e. The van der Waals surface area contributed by atoms with Crippen LogP contribution in [0.15, 0.2) is 16.1 Å². The summed E-state index contributed by atoms with van der Waals surface area (Å²) < 4.78 is 0. The van der Waals surface area contributed by atoms with Crippen molar-refractivity contribution in [2.24, 2.45) is 4.99 Å². The van der Waals surface area contributed by atoms with Gasteiger partial charge in [-0.15, -0.1) is 0 Å². The van der Waals surface area contributed by atoms with Crippen LogP contribution < -0.4 is 0 Å². The topological polar surface area (TPSA) is 29.4 Å². The molecule has 0 atom stereocenters. The van der Waals surface area contributed by atoms with Crippen molar-refractivity contribution in [1.82, 2.24) is 0 Å². The number of rotatable bonds is 1. The van der Waals surface area contributed by atoms with Crippen molar-refractivity contribution in [2.45, 2.75) is 20.8 Å². The highest BCUT2D eigenvalue weighted by molar-refractivity contribution is 6.22. The average molecular weight is 137 g/mol. The first-order chi connectivity index (χ1) is 4.63. The molecule has 2 nitrogen and oxygen atoms in total. The normalized spacial score (nSPS) is 17.7. The Morgan fingerprint density at radius 3 is 2.30 bits per heavy atom. The summed E-state index contributed by atoms with van der Waals surface area (Å²) in [7, 11) is 0. The van der Waals surface area contributed by atoms with E-state index in [0.29, 0.717) is 6.54 Å². The number of aliphatic imine (C=N–C) groups is 1. The Balaban J connectivity index is 3.01. The van der Waals surface area contributed by atoms with Crippen molar-refractivity contribution >= 4 is 11.5 Å². The summed E-state index contributed by atoms with van der Waals surface area (Å²) in [5.41, 5.74) is 2.83. The van der Waals surface area contributed by atoms with Gasteiger partial charge < -0.3 is 0 Å². The standard InChI is InChI=1S/C8H11NO/c1-5-4-9-6(2)8(5)7(3)10/h4H2,1-3H3. The van der Waals surface area contributed by atoms with E-state index in [1.807, 2.05) is 13.8 Å². The summed E-state index contributed by atoms with van der Waals surface area (Å²) >= 11 is 0. The Kier molecular flexibility index (Phi) is 1.70. The van der Waals surface area contributed by atoms with E-state index in [2.05, 4.69) is 4.99 Å². The van der Waals surface area contributed by atoms with Crippen LogP contribution in [0.1, 0.15) is 20.8 Å². The molecule has 1 aliphatic rings. The molecule has 0 radical (unpaired) electrons. The zero-order valence-corrected chi connectivity index (χ0v) is 6.56. The molecule has 54 valence electrons. The predicted octanol–water partition coefficient (Wildman–Crippen LogP) is 1.37. The molecule has 0 aromatic heterocycles. The van der Waals surface area contributed by atoms with Gasteiger partial charge in [-0.3, -0.25) is 9.79 Å². The fourth-order valence-corrected chi connectivity index (χ4v) is 1.26. The maximum Gasteiger partial charge on any atom is 0.161 e. The van der Waals surface area contributed by atoms with Crippen LogP contribution in [0.3, 0.4) is 0 Å². The van der Waals surface area contributed by atoms with Gasteiger partial charge in [-0.25, -0.2) is 0 Å². The monoisotopic (exact) mass is 137 g/mol. The van der Waals surface area contributed by atoms with Gasteiger partial charge in [0.2, 0.25) is 0 Å². The van der Waals surface area contributed by atoms with Crippen LogP contribution >= 0.6 is 0 Å². The van der Waals surface area contributed by atoms with Gasteiger partial charge in [0, 0.05) is 11.3 Å². The van der Waals surface area contributed by atoms with Gasteiger partial charge in [0.05, 0.1) is 6.54 Å². The van der Waals surface area contributed by atoms with Crippen molar-refractivity contribution in [2.75, 3.05) is 6.54 Å². The van der Waals surface area contributed by atoms with Crippen LogP contribution in [0.2, 0.25) is 0 Å². The third-order valence-electron chi connectivity index (χ3n) is 1.69. The number of hydrogen-bond donors (Lipinski definition) is 0. The summed E-state index contributed by atoms with van der Waals surface area (Å²) in [4.78, 5) is 15.1. The highest BCUT2D eigenvalue weighted by Crippen LogP contribution is 2.14. The number of nitrogens with zero attached hydrogens (tertiary/aromatic N) is 1. The van der Waals surface area contributed by atoms with Gasteiger partial charge in [0.15, 0.2) is 5.78 Å². The summed E-state index contributed by atoms with van der Waals surface area (Å²) in [6.07, 6.45) is 0. The number of carbonyl (C=O) groups excluding carboxylic acids is 1. The van der Waals surface area contributed by atoms with Crippen LogP contribution in [0.5, 0.6) is 0 Å². The molecule has 0 amide bonds. The largest absolute Gasteiger partial charge is 0.294 e. The van der Waals surface area contributed by atoms with Crippen LogP contribution in [0.25, 0.3) is 0 Å². The molecule has 1 rings (SSSR count). The highest BCUT2D eigenvalue weighted by Gasteiger charge is 2.15. The quantitative estimate of drug-likeness (QED) is 0.536. The Morgan fingerprint density at radius 1 is 1.50 bits per heavy atom. The second-order valence-corrected chi connectivity index (χ2v) is 2.61. The molecule has 0 saturated carbocycles. The van der Waals surface area contributed by atoms with Crippen molar-refractivity contribution < 1.29 is 4.79 Å². The van der Waals surface area contributed by atoms with Gasteiger partial charge in [0.1, 0.15) is 0 Å². The van der Waals surface area contributed by atoms with E-state index in [0.717, 1.165) is 16.9 Å². The minimum Gasteiger partial charge on any atom is -0.294 e. The molecule has 1 aliphatic heterocycles. The first kappa shape index (κ1) is 7.19. The lowest BCUT2D eigenvalue weighted by atomic mass is 10.1. The second kappa shape index (κ2) is 2.37. The first-order valence-corrected chi connectivity index (χ1v) is 3.35. The Bertz CT molecular complexity index is 236. The van der Waals surface area contributed by atoms with E-state index >= 15 is 0 Å². The lowest BCUT2D eigenvalue weighted by Gasteiger charge is -1.96. The molecule has 2 heteroatoms. The number of hydrogen-bond acceptors (Lipinski definition) is 2. The van der Waals surface area contributed by atoms with Gasteiger partial charge >= 0.3 is 0 Å². The molecule has 0 unspecified atom stereocenters. The molecule has 0 spiro atoms. The molecule has 0 aromatic carbocycles. The molecule has 0 aromatic rings. The summed E-state index contributed by atoms with van der Waals surface area (Å²) in [6, 6.07) is 0. The number of allylic oxidation sites excluding steroid dienone is 1. The fourth-order valence-electron chi connectivity index (χ4n) is 1.26. The molecule has 10 heavy (non-hydrogen) atoms. The van der Waals surface area contributed by atoms with Crippen molar-refractivity contribution in [3.05, 3.63) is 11.1 Å². The molecule has 1 heterocycles. The molecular weight excluding hydrogens is 126 g/mol. The maximum absolute atomic E-state index is 10.9. The Morgan fingerprint density at radius 2 is 2.10 bits per heavy atom. The zero-order chi connectivity index (χ0) is 7.72. The molecule has 0 bridgehead atoms. The van der Waals surface area contributed by atoms with Gasteiger partial charge in [-0.2, -0.15) is 0 Å². The number of ketones is 1. The van der Waals surface area contributed by atoms with Gasteiger partial charge in [-0.1, -0.05) is 0 Å². The minimum atomic E-state index is 0.135. The van der Waals surface area contributed by atoms with E-state index in [-0.39, 0.29) is 5.78 Å². The zero-order valence-electron chi connectivity index (χ0n) is 6.56. The number of Topliss-reactive ketones (excluding diaryl/α,β-unsaturated/α-hetero) is 1. The minimum absolute atomic E-state index is 0.135. The lowest BCUT2D eigenvalue weighted by molar-refractivity contribution is -0.113. The molecule has 0 fully saturated rings. The van der Waals surface area contributed by atoms with E-state index in [4.69, 9.17) is 0 Å². The average Bonchev–Trinajstić information content (AvgIpc) is 2.11. The fraction of sp³-hybridized carbons (Fsp3) is 0.500. The highest BCUT2D eigenvalue weighted by atomic mass is 16.1. The van der Waals surface area contributed by atoms with Gasteiger partial charge in [0.25, 0.3) is 0 Å². The molecule has 0 N–H and O–H groups in total. The maximum atomic E-state index is 10.9. The van der Waals surface area contributed by atoms with Gasteiger partial charge in [-0.05, 0) is 26.3 Å². The third kappa shape index (κ3) is 1.01. The predicted molar refractivity (Wildman–Crippen MR) is 41.4 cm³/mol. The number of carbonyl (C=O) groups is 1. The second-order valence-electron chi connectivity index (χ2n) is 2.61. The molecule has 0 saturated heterocycles. The Hall–Kier alpha value is -0.920. The summed E-state index contributed by atoms with van der Waals surface area (Å²) in [5, 5.41) is 0. The molecule has 0 aliphatic carbocycles. The lowest BCUT2D eigenvalue weighted by Crippen LogP contribution is -2.04.